The molecule has 86 valence electrons. The summed E-state index contributed by atoms with van der Waals surface area (Å²) in [6.45, 7) is 2.67. The van der Waals surface area contributed by atoms with Gasteiger partial charge in [0.15, 0.2) is 0 Å². The van der Waals surface area contributed by atoms with Crippen LogP contribution in [0.3, 0.4) is 0 Å². The molecule has 2 rings (SSSR count). The Balaban J connectivity index is 2.05. The van der Waals surface area contributed by atoms with Gasteiger partial charge < -0.3 is 5.32 Å². The third-order valence-corrected chi connectivity index (χ3v) is 3.06. The number of benzene rings is 1. The molecule has 1 aliphatic carbocycles. The maximum absolute atomic E-state index is 11.1. The van der Waals surface area contributed by atoms with Gasteiger partial charge in [-0.1, -0.05) is 23.8 Å². The summed E-state index contributed by atoms with van der Waals surface area (Å²) < 4.78 is 0. The first-order valence-electron chi connectivity index (χ1n) is 5.62. The standard InChI is InChI=1S/C13H16ClNO/c1-9-4-10(8-15-13(16)7-14)6-12(5-9)11-2-3-11/h4-6,11H,2-3,7-8H2,1H3,(H,15,16). The van der Waals surface area contributed by atoms with Crippen molar-refractivity contribution in [1.29, 1.82) is 0 Å². The molecule has 3 heteroatoms. The molecule has 0 spiro atoms. The van der Waals surface area contributed by atoms with Gasteiger partial charge in [0.2, 0.25) is 5.91 Å². The molecule has 2 nitrogen and oxygen atoms in total. The largest absolute Gasteiger partial charge is 0.351 e. The fourth-order valence-electron chi connectivity index (χ4n) is 1.90. The van der Waals surface area contributed by atoms with Crippen LogP contribution in [0.1, 0.15) is 35.4 Å². The van der Waals surface area contributed by atoms with Gasteiger partial charge in [0.25, 0.3) is 0 Å². The third-order valence-electron chi connectivity index (χ3n) is 2.82. The highest BCUT2D eigenvalue weighted by molar-refractivity contribution is 6.27. The zero-order valence-corrected chi connectivity index (χ0v) is 10.2. The molecule has 1 aliphatic rings. The lowest BCUT2D eigenvalue weighted by atomic mass is 10.0. The van der Waals surface area contributed by atoms with Gasteiger partial charge in [-0.2, -0.15) is 0 Å². The molecule has 1 aromatic rings. The van der Waals surface area contributed by atoms with Gasteiger partial charge in [0, 0.05) is 6.54 Å². The van der Waals surface area contributed by atoms with E-state index in [1.54, 1.807) is 0 Å². The number of nitrogens with one attached hydrogen (secondary N) is 1. The Morgan fingerprint density at radius 2 is 2.19 bits per heavy atom. The van der Waals surface area contributed by atoms with Crippen LogP contribution in [0.2, 0.25) is 0 Å². The Morgan fingerprint density at radius 3 is 2.81 bits per heavy atom. The van der Waals surface area contributed by atoms with Crippen LogP contribution < -0.4 is 5.32 Å². The zero-order valence-electron chi connectivity index (χ0n) is 9.42. The molecule has 0 aliphatic heterocycles. The quantitative estimate of drug-likeness (QED) is 0.802. The zero-order chi connectivity index (χ0) is 11.5. The van der Waals surface area contributed by atoms with Crippen molar-refractivity contribution in [2.24, 2.45) is 0 Å². The molecule has 1 saturated carbocycles. The van der Waals surface area contributed by atoms with E-state index in [2.05, 4.69) is 30.4 Å². The summed E-state index contributed by atoms with van der Waals surface area (Å²) in [5.74, 6) is 0.667. The van der Waals surface area contributed by atoms with Crippen molar-refractivity contribution in [3.8, 4) is 0 Å². The van der Waals surface area contributed by atoms with E-state index in [1.165, 1.54) is 29.5 Å². The maximum atomic E-state index is 11.1. The maximum Gasteiger partial charge on any atom is 0.235 e. The normalized spacial score (nSPS) is 14.9. The van der Waals surface area contributed by atoms with Gasteiger partial charge in [-0.25, -0.2) is 0 Å². The highest BCUT2D eigenvalue weighted by atomic mass is 35.5. The first-order chi connectivity index (χ1) is 7.69. The summed E-state index contributed by atoms with van der Waals surface area (Å²) >= 11 is 5.43. The number of hydrogen-bond acceptors (Lipinski definition) is 1. The van der Waals surface area contributed by atoms with Gasteiger partial charge in [0.1, 0.15) is 5.88 Å². The van der Waals surface area contributed by atoms with Gasteiger partial charge in [-0.05, 0) is 36.8 Å². The van der Waals surface area contributed by atoms with Crippen LogP contribution in [-0.2, 0) is 11.3 Å². The van der Waals surface area contributed by atoms with Crippen molar-refractivity contribution in [2.45, 2.75) is 32.2 Å². The Morgan fingerprint density at radius 1 is 1.44 bits per heavy atom. The summed E-state index contributed by atoms with van der Waals surface area (Å²) in [5.41, 5.74) is 3.84. The van der Waals surface area contributed by atoms with Crippen molar-refractivity contribution in [3.63, 3.8) is 0 Å². The summed E-state index contributed by atoms with van der Waals surface area (Å²) in [7, 11) is 0. The lowest BCUT2D eigenvalue weighted by Gasteiger charge is -2.07. The fraction of sp³-hybridized carbons (Fsp3) is 0.462. The Hall–Kier alpha value is -1.02. The van der Waals surface area contributed by atoms with Crippen molar-refractivity contribution in [1.82, 2.24) is 5.32 Å². The number of amides is 1. The highest BCUT2D eigenvalue weighted by Gasteiger charge is 2.23. The van der Waals surface area contributed by atoms with E-state index in [1.807, 2.05) is 0 Å². The average molecular weight is 238 g/mol. The van der Waals surface area contributed by atoms with Crippen LogP contribution in [0.5, 0.6) is 0 Å². The van der Waals surface area contributed by atoms with Crippen LogP contribution in [0.25, 0.3) is 0 Å². The van der Waals surface area contributed by atoms with Crippen molar-refractivity contribution in [3.05, 3.63) is 34.9 Å². The Labute approximate surface area is 101 Å². The molecule has 0 aromatic heterocycles. The minimum atomic E-state index is -0.115. The summed E-state index contributed by atoms with van der Waals surface area (Å²) in [5, 5.41) is 2.79. The second kappa shape index (κ2) is 4.88. The number of alkyl halides is 1. The number of aryl methyl sites for hydroxylation is 1. The summed E-state index contributed by atoms with van der Waals surface area (Å²) in [4.78, 5) is 11.1. The number of carbonyl (C=O) groups is 1. The predicted octanol–water partition coefficient (Wildman–Crippen LogP) is 2.73. The monoisotopic (exact) mass is 237 g/mol. The summed E-state index contributed by atoms with van der Waals surface area (Å²) in [6.07, 6.45) is 2.61. The van der Waals surface area contributed by atoms with E-state index < -0.39 is 0 Å². The Bertz CT molecular complexity index is 399. The average Bonchev–Trinajstić information content (AvgIpc) is 3.09. The Kier molecular flexibility index (Phi) is 3.49. The SMILES string of the molecule is Cc1cc(CNC(=O)CCl)cc(C2CC2)c1. The topological polar surface area (TPSA) is 29.1 Å². The lowest BCUT2D eigenvalue weighted by molar-refractivity contribution is -0.118. The second-order valence-corrected chi connectivity index (χ2v) is 4.70. The molecule has 0 saturated heterocycles. The molecule has 0 heterocycles. The van der Waals surface area contributed by atoms with Crippen LogP contribution in [0.4, 0.5) is 0 Å². The number of rotatable bonds is 4. The van der Waals surface area contributed by atoms with Gasteiger partial charge >= 0.3 is 0 Å². The van der Waals surface area contributed by atoms with E-state index in [-0.39, 0.29) is 11.8 Å². The van der Waals surface area contributed by atoms with E-state index in [9.17, 15) is 4.79 Å². The third kappa shape index (κ3) is 2.99. The molecule has 16 heavy (non-hydrogen) atoms. The first kappa shape index (κ1) is 11.5. The van der Waals surface area contributed by atoms with Crippen molar-refractivity contribution >= 4 is 17.5 Å². The molecule has 1 N–H and O–H groups in total. The van der Waals surface area contributed by atoms with Crippen LogP contribution >= 0.6 is 11.6 Å². The number of carbonyl (C=O) groups excluding carboxylic acids is 1. The molecular formula is C13H16ClNO. The molecule has 0 bridgehead atoms. The smallest absolute Gasteiger partial charge is 0.235 e. The highest BCUT2D eigenvalue weighted by Crippen LogP contribution is 2.40. The van der Waals surface area contributed by atoms with Crippen LogP contribution in [0, 0.1) is 6.92 Å². The fourth-order valence-corrected chi connectivity index (χ4v) is 1.99. The molecule has 0 unspecified atom stereocenters. The number of hydrogen-bond donors (Lipinski definition) is 1. The minimum Gasteiger partial charge on any atom is -0.351 e. The second-order valence-electron chi connectivity index (χ2n) is 4.44. The molecule has 0 atom stereocenters. The summed E-state index contributed by atoms with van der Waals surface area (Å²) in [6, 6.07) is 6.55. The van der Waals surface area contributed by atoms with E-state index in [4.69, 9.17) is 11.6 Å². The van der Waals surface area contributed by atoms with Crippen molar-refractivity contribution in [2.75, 3.05) is 5.88 Å². The molecular weight excluding hydrogens is 222 g/mol. The van der Waals surface area contributed by atoms with Crippen LogP contribution in [0.15, 0.2) is 18.2 Å². The van der Waals surface area contributed by atoms with Gasteiger partial charge in [-0.3, -0.25) is 4.79 Å². The molecule has 1 amide bonds. The molecule has 1 aromatic carbocycles. The van der Waals surface area contributed by atoms with E-state index >= 15 is 0 Å². The number of halogens is 1. The van der Waals surface area contributed by atoms with Crippen molar-refractivity contribution < 1.29 is 4.79 Å². The lowest BCUT2D eigenvalue weighted by Crippen LogP contribution is -2.23. The molecule has 0 radical (unpaired) electrons. The van der Waals surface area contributed by atoms with Crippen LogP contribution in [-0.4, -0.2) is 11.8 Å². The molecule has 1 fully saturated rings. The minimum absolute atomic E-state index is 0.0291. The van der Waals surface area contributed by atoms with Gasteiger partial charge in [0.05, 0.1) is 0 Å². The predicted molar refractivity (Wildman–Crippen MR) is 65.7 cm³/mol. The van der Waals surface area contributed by atoms with E-state index in [0.29, 0.717) is 6.54 Å². The van der Waals surface area contributed by atoms with E-state index in [0.717, 1.165) is 5.92 Å². The first-order valence-corrected chi connectivity index (χ1v) is 6.15. The van der Waals surface area contributed by atoms with Gasteiger partial charge in [-0.15, -0.1) is 11.6 Å².